The van der Waals surface area contributed by atoms with Crippen LogP contribution < -0.4 is 11.1 Å². The van der Waals surface area contributed by atoms with E-state index in [2.05, 4.69) is 15.4 Å². The van der Waals surface area contributed by atoms with Crippen LogP contribution in [0.3, 0.4) is 0 Å². The molecule has 0 saturated carbocycles. The van der Waals surface area contributed by atoms with E-state index >= 15 is 0 Å². The number of rotatable bonds is 2. The maximum atomic E-state index is 9.37. The maximum absolute atomic E-state index is 9.37. The molecule has 0 atom stereocenters. The average molecular weight is 295 g/mol. The molecule has 0 radical (unpaired) electrons. The van der Waals surface area contributed by atoms with Gasteiger partial charge in [-0.05, 0) is 41.8 Å². The predicted octanol–water partition coefficient (Wildman–Crippen LogP) is 1.41. The molecule has 3 heterocycles. The van der Waals surface area contributed by atoms with Gasteiger partial charge in [0.05, 0.1) is 11.9 Å². The van der Waals surface area contributed by atoms with Crippen molar-refractivity contribution in [3.63, 3.8) is 0 Å². The van der Waals surface area contributed by atoms with Crippen LogP contribution in [0.5, 0.6) is 5.75 Å². The highest BCUT2D eigenvalue weighted by atomic mass is 16.3. The molecular formula is C16H17N5O. The highest BCUT2D eigenvalue weighted by molar-refractivity contribution is 5.90. The monoisotopic (exact) mass is 295 g/mol. The maximum Gasteiger partial charge on any atom is 0.160 e. The van der Waals surface area contributed by atoms with E-state index in [-0.39, 0.29) is 5.75 Å². The molecule has 1 aromatic carbocycles. The first-order valence-corrected chi connectivity index (χ1v) is 7.34. The van der Waals surface area contributed by atoms with E-state index in [1.807, 2.05) is 23.0 Å². The fraction of sp³-hybridized carbons (Fsp3) is 0.250. The third-order valence-electron chi connectivity index (χ3n) is 4.12. The van der Waals surface area contributed by atoms with E-state index < -0.39 is 0 Å². The van der Waals surface area contributed by atoms with Gasteiger partial charge >= 0.3 is 0 Å². The Bertz CT molecular complexity index is 838. The molecule has 6 nitrogen and oxygen atoms in total. The second-order valence-electron chi connectivity index (χ2n) is 5.60. The number of hydrogen-bond donors (Lipinski definition) is 3. The molecule has 1 aliphatic rings. The van der Waals surface area contributed by atoms with Crippen LogP contribution in [0.4, 0.5) is 5.82 Å². The summed E-state index contributed by atoms with van der Waals surface area (Å²) in [5, 5.41) is 18.2. The summed E-state index contributed by atoms with van der Waals surface area (Å²) in [6.45, 7) is 2.37. The molecule has 112 valence electrons. The highest BCUT2D eigenvalue weighted by Gasteiger charge is 2.19. The second-order valence-corrected chi connectivity index (χ2v) is 5.60. The molecule has 22 heavy (non-hydrogen) atoms. The van der Waals surface area contributed by atoms with Crippen LogP contribution in [0.1, 0.15) is 16.7 Å². The van der Waals surface area contributed by atoms with Gasteiger partial charge < -0.3 is 16.2 Å². The Balaban J connectivity index is 1.80. The lowest BCUT2D eigenvalue weighted by Gasteiger charge is -2.17. The van der Waals surface area contributed by atoms with Crippen LogP contribution in [-0.2, 0) is 19.5 Å². The van der Waals surface area contributed by atoms with Crippen molar-refractivity contribution in [2.24, 2.45) is 0 Å². The third-order valence-corrected chi connectivity index (χ3v) is 4.12. The number of aromatic hydroxyl groups is 1. The van der Waals surface area contributed by atoms with Crippen LogP contribution in [0.2, 0.25) is 0 Å². The number of aromatic nitrogens is 3. The van der Waals surface area contributed by atoms with Gasteiger partial charge in [-0.2, -0.15) is 5.10 Å². The lowest BCUT2D eigenvalue weighted by molar-refractivity contribution is 0.475. The molecule has 2 aromatic heterocycles. The van der Waals surface area contributed by atoms with Gasteiger partial charge in [-0.1, -0.05) is 12.1 Å². The van der Waals surface area contributed by atoms with Gasteiger partial charge in [-0.15, -0.1) is 0 Å². The molecule has 0 aliphatic carbocycles. The van der Waals surface area contributed by atoms with E-state index in [1.54, 1.807) is 12.1 Å². The summed E-state index contributed by atoms with van der Waals surface area (Å²) in [6.07, 6.45) is 2.86. The zero-order chi connectivity index (χ0) is 15.1. The summed E-state index contributed by atoms with van der Waals surface area (Å²) >= 11 is 0. The van der Waals surface area contributed by atoms with Crippen molar-refractivity contribution in [1.82, 2.24) is 20.1 Å². The number of nitrogen functional groups attached to an aromatic ring is 1. The zero-order valence-corrected chi connectivity index (χ0v) is 12.1. The van der Waals surface area contributed by atoms with Crippen molar-refractivity contribution in [1.29, 1.82) is 0 Å². The van der Waals surface area contributed by atoms with Crippen LogP contribution in [0.15, 0.2) is 30.5 Å². The normalized spacial score (nSPS) is 14.2. The highest BCUT2D eigenvalue weighted by Crippen LogP contribution is 2.28. The van der Waals surface area contributed by atoms with Crippen LogP contribution >= 0.6 is 0 Å². The van der Waals surface area contributed by atoms with Gasteiger partial charge in [-0.25, -0.2) is 9.67 Å². The SMILES string of the molecule is Nc1nn(Cc2ccc(O)cc2)c2ncc3c(c12)CCNC3. The Hall–Kier alpha value is -2.60. The molecule has 0 unspecified atom stereocenters. The Labute approximate surface area is 127 Å². The first-order chi connectivity index (χ1) is 10.7. The predicted molar refractivity (Wildman–Crippen MR) is 84.6 cm³/mol. The van der Waals surface area contributed by atoms with E-state index in [4.69, 9.17) is 5.73 Å². The minimum absolute atomic E-state index is 0.258. The Morgan fingerprint density at radius 3 is 2.91 bits per heavy atom. The van der Waals surface area contributed by atoms with Crippen molar-refractivity contribution in [3.8, 4) is 5.75 Å². The average Bonchev–Trinajstić information content (AvgIpc) is 2.86. The van der Waals surface area contributed by atoms with E-state index in [1.165, 1.54) is 11.1 Å². The zero-order valence-electron chi connectivity index (χ0n) is 12.1. The number of phenolic OH excluding ortho intramolecular Hbond substituents is 1. The number of benzene rings is 1. The summed E-state index contributed by atoms with van der Waals surface area (Å²) in [6, 6.07) is 7.10. The largest absolute Gasteiger partial charge is 0.508 e. The van der Waals surface area contributed by atoms with Gasteiger partial charge in [0.25, 0.3) is 0 Å². The van der Waals surface area contributed by atoms with Gasteiger partial charge in [-0.3, -0.25) is 0 Å². The molecule has 0 amide bonds. The number of phenols is 1. The van der Waals surface area contributed by atoms with Gasteiger partial charge in [0.2, 0.25) is 0 Å². The lowest BCUT2D eigenvalue weighted by Crippen LogP contribution is -2.24. The molecule has 0 spiro atoms. The van der Waals surface area contributed by atoms with Crippen molar-refractivity contribution in [2.75, 3.05) is 12.3 Å². The summed E-state index contributed by atoms with van der Waals surface area (Å²) in [5.74, 6) is 0.799. The summed E-state index contributed by atoms with van der Waals surface area (Å²) in [7, 11) is 0. The van der Waals surface area contributed by atoms with Gasteiger partial charge in [0.15, 0.2) is 11.5 Å². The lowest BCUT2D eigenvalue weighted by atomic mass is 10.0. The van der Waals surface area contributed by atoms with Crippen LogP contribution in [-0.4, -0.2) is 26.4 Å². The second kappa shape index (κ2) is 4.99. The van der Waals surface area contributed by atoms with E-state index in [0.29, 0.717) is 12.4 Å². The minimum Gasteiger partial charge on any atom is -0.508 e. The van der Waals surface area contributed by atoms with Gasteiger partial charge in [0.1, 0.15) is 5.75 Å². The molecule has 0 fully saturated rings. The molecule has 0 bridgehead atoms. The molecule has 3 aromatic rings. The van der Waals surface area contributed by atoms with Crippen molar-refractivity contribution < 1.29 is 5.11 Å². The molecule has 0 saturated heterocycles. The number of nitrogens with zero attached hydrogens (tertiary/aromatic N) is 3. The standard InChI is InChI=1S/C16H17N5O/c17-15-14-13-5-6-18-7-11(13)8-19-16(14)21(20-15)9-10-1-3-12(22)4-2-10/h1-4,8,18,22H,5-7,9H2,(H2,17,20). The Kier molecular flexibility index (Phi) is 2.97. The van der Waals surface area contributed by atoms with Crippen molar-refractivity contribution in [2.45, 2.75) is 19.5 Å². The summed E-state index contributed by atoms with van der Waals surface area (Å²) < 4.78 is 1.83. The number of anilines is 1. The first kappa shape index (κ1) is 13.1. The van der Waals surface area contributed by atoms with E-state index in [0.717, 1.165) is 36.1 Å². The van der Waals surface area contributed by atoms with E-state index in [9.17, 15) is 5.11 Å². The number of nitrogens with two attached hydrogens (primary N) is 1. The number of fused-ring (bicyclic) bond motifs is 3. The molecule has 4 N–H and O–H groups in total. The smallest absolute Gasteiger partial charge is 0.160 e. The number of hydrogen-bond acceptors (Lipinski definition) is 5. The topological polar surface area (TPSA) is 89.0 Å². The molecule has 1 aliphatic heterocycles. The quantitative estimate of drug-likeness (QED) is 0.665. The Morgan fingerprint density at radius 1 is 1.27 bits per heavy atom. The number of pyridine rings is 1. The molecule has 4 rings (SSSR count). The fourth-order valence-corrected chi connectivity index (χ4v) is 3.03. The third kappa shape index (κ3) is 2.08. The summed E-state index contributed by atoms with van der Waals surface area (Å²) in [4.78, 5) is 4.56. The van der Waals surface area contributed by atoms with Crippen LogP contribution in [0, 0.1) is 0 Å². The first-order valence-electron chi connectivity index (χ1n) is 7.34. The summed E-state index contributed by atoms with van der Waals surface area (Å²) in [5.41, 5.74) is 10.5. The number of nitrogens with one attached hydrogen (secondary N) is 1. The van der Waals surface area contributed by atoms with Crippen LogP contribution in [0.25, 0.3) is 11.0 Å². The van der Waals surface area contributed by atoms with Gasteiger partial charge in [0, 0.05) is 12.7 Å². The Morgan fingerprint density at radius 2 is 2.09 bits per heavy atom. The molecular weight excluding hydrogens is 278 g/mol. The van der Waals surface area contributed by atoms with Crippen molar-refractivity contribution in [3.05, 3.63) is 47.2 Å². The van der Waals surface area contributed by atoms with Crippen molar-refractivity contribution >= 4 is 16.9 Å². The minimum atomic E-state index is 0.258. The molecule has 6 heteroatoms. The fourth-order valence-electron chi connectivity index (χ4n) is 3.03.